The molecule has 1 atom stereocenters. The van der Waals surface area contributed by atoms with Crippen LogP contribution in [0.1, 0.15) is 22.0 Å². The molecule has 0 saturated carbocycles. The molecular formula is C14H12F2N2O2S. The maximum absolute atomic E-state index is 13.5. The Morgan fingerprint density at radius 3 is 2.57 bits per heavy atom. The van der Waals surface area contributed by atoms with Crippen LogP contribution in [0, 0.1) is 16.3 Å². The van der Waals surface area contributed by atoms with Gasteiger partial charge in [0.1, 0.15) is 22.4 Å². The molecule has 1 aromatic carbocycles. The van der Waals surface area contributed by atoms with Crippen LogP contribution in [0.25, 0.3) is 0 Å². The van der Waals surface area contributed by atoms with Crippen LogP contribution in [-0.4, -0.2) is 22.5 Å². The summed E-state index contributed by atoms with van der Waals surface area (Å²) in [5.74, 6) is -2.27. The van der Waals surface area contributed by atoms with Gasteiger partial charge in [0.2, 0.25) is 0 Å². The number of rotatable bonds is 4. The number of amides is 1. The van der Waals surface area contributed by atoms with Gasteiger partial charge < -0.3 is 15.4 Å². The molecule has 2 aromatic rings. The summed E-state index contributed by atoms with van der Waals surface area (Å²) in [7, 11) is 0. The van der Waals surface area contributed by atoms with E-state index >= 15 is 0 Å². The Kier molecular flexibility index (Phi) is 4.77. The van der Waals surface area contributed by atoms with E-state index in [4.69, 9.17) is 12.2 Å². The SMILES string of the molecule is O=C(NCC(O)c1c(F)cccc1F)c1ccc[nH]c1=S. The zero-order chi connectivity index (χ0) is 15.4. The molecule has 0 aliphatic heterocycles. The number of pyridine rings is 1. The molecule has 0 spiro atoms. The zero-order valence-electron chi connectivity index (χ0n) is 10.8. The maximum atomic E-state index is 13.5. The first-order chi connectivity index (χ1) is 10.0. The van der Waals surface area contributed by atoms with Crippen LogP contribution in [0.4, 0.5) is 8.78 Å². The summed E-state index contributed by atoms with van der Waals surface area (Å²) < 4.78 is 27.2. The van der Waals surface area contributed by atoms with Crippen molar-refractivity contribution < 1.29 is 18.7 Å². The molecule has 0 radical (unpaired) electrons. The van der Waals surface area contributed by atoms with Gasteiger partial charge in [-0.2, -0.15) is 0 Å². The number of H-pyrrole nitrogens is 1. The number of carbonyl (C=O) groups is 1. The Morgan fingerprint density at radius 2 is 1.95 bits per heavy atom. The average Bonchev–Trinajstić information content (AvgIpc) is 2.45. The van der Waals surface area contributed by atoms with Gasteiger partial charge in [-0.3, -0.25) is 4.79 Å². The highest BCUT2D eigenvalue weighted by atomic mass is 32.1. The second-order valence-electron chi connectivity index (χ2n) is 4.27. The van der Waals surface area contributed by atoms with Crippen LogP contribution in [-0.2, 0) is 0 Å². The van der Waals surface area contributed by atoms with Crippen molar-refractivity contribution in [2.24, 2.45) is 0 Å². The number of aliphatic hydroxyl groups is 1. The Balaban J connectivity index is 2.08. The van der Waals surface area contributed by atoms with Crippen LogP contribution >= 0.6 is 12.2 Å². The highest BCUT2D eigenvalue weighted by Gasteiger charge is 2.18. The van der Waals surface area contributed by atoms with Gasteiger partial charge in [-0.25, -0.2) is 8.78 Å². The van der Waals surface area contributed by atoms with Gasteiger partial charge in [0.05, 0.1) is 11.1 Å². The lowest BCUT2D eigenvalue weighted by molar-refractivity contribution is 0.0910. The molecule has 110 valence electrons. The molecule has 0 bridgehead atoms. The predicted molar refractivity (Wildman–Crippen MR) is 75.3 cm³/mol. The molecule has 1 unspecified atom stereocenters. The monoisotopic (exact) mass is 310 g/mol. The lowest BCUT2D eigenvalue weighted by Gasteiger charge is -2.13. The van der Waals surface area contributed by atoms with Gasteiger partial charge in [0.25, 0.3) is 5.91 Å². The minimum absolute atomic E-state index is 0.216. The normalized spacial score (nSPS) is 12.0. The predicted octanol–water partition coefficient (Wildman–Crippen LogP) is 2.49. The summed E-state index contributed by atoms with van der Waals surface area (Å²) in [5, 5.41) is 12.2. The quantitative estimate of drug-likeness (QED) is 0.760. The highest BCUT2D eigenvalue weighted by Crippen LogP contribution is 2.20. The lowest BCUT2D eigenvalue weighted by atomic mass is 10.1. The number of halogens is 2. The molecule has 4 nitrogen and oxygen atoms in total. The van der Waals surface area contributed by atoms with E-state index in [0.717, 1.165) is 12.1 Å². The van der Waals surface area contributed by atoms with Crippen LogP contribution in [0.15, 0.2) is 36.5 Å². The molecule has 7 heteroatoms. The number of aromatic nitrogens is 1. The highest BCUT2D eigenvalue weighted by molar-refractivity contribution is 7.71. The third-order valence-electron chi connectivity index (χ3n) is 2.85. The summed E-state index contributed by atoms with van der Waals surface area (Å²) in [6, 6.07) is 6.37. The van der Waals surface area contributed by atoms with Crippen molar-refractivity contribution in [3.05, 3.63) is 63.9 Å². The fourth-order valence-corrected chi connectivity index (χ4v) is 2.04. The Labute approximate surface area is 124 Å². The minimum Gasteiger partial charge on any atom is -0.386 e. The van der Waals surface area contributed by atoms with Gasteiger partial charge in [-0.05, 0) is 24.3 Å². The third-order valence-corrected chi connectivity index (χ3v) is 3.19. The van der Waals surface area contributed by atoms with Gasteiger partial charge in [-0.15, -0.1) is 0 Å². The van der Waals surface area contributed by atoms with E-state index in [1.54, 1.807) is 12.3 Å². The third kappa shape index (κ3) is 3.50. The first kappa shape index (κ1) is 15.3. The molecule has 0 aliphatic rings. The topological polar surface area (TPSA) is 65.1 Å². The molecule has 0 aliphatic carbocycles. The van der Waals surface area contributed by atoms with E-state index in [1.165, 1.54) is 12.1 Å². The first-order valence-electron chi connectivity index (χ1n) is 6.08. The van der Waals surface area contributed by atoms with Crippen molar-refractivity contribution in [2.45, 2.75) is 6.10 Å². The number of aliphatic hydroxyl groups excluding tert-OH is 1. The maximum Gasteiger partial charge on any atom is 0.254 e. The fourth-order valence-electron chi connectivity index (χ4n) is 1.82. The largest absolute Gasteiger partial charge is 0.386 e. The van der Waals surface area contributed by atoms with Crippen LogP contribution in [0.5, 0.6) is 0 Å². The van der Waals surface area contributed by atoms with Crippen molar-refractivity contribution in [2.75, 3.05) is 6.54 Å². The van der Waals surface area contributed by atoms with E-state index in [1.807, 2.05) is 0 Å². The van der Waals surface area contributed by atoms with Gasteiger partial charge in [0, 0.05) is 12.7 Å². The van der Waals surface area contributed by atoms with Crippen molar-refractivity contribution in [3.63, 3.8) is 0 Å². The van der Waals surface area contributed by atoms with E-state index < -0.39 is 29.2 Å². The van der Waals surface area contributed by atoms with E-state index in [-0.39, 0.29) is 16.7 Å². The van der Waals surface area contributed by atoms with E-state index in [2.05, 4.69) is 10.3 Å². The van der Waals surface area contributed by atoms with E-state index in [9.17, 15) is 18.7 Å². The first-order valence-corrected chi connectivity index (χ1v) is 6.49. The summed E-state index contributed by atoms with van der Waals surface area (Å²) in [6.45, 7) is -0.333. The Hall–Kier alpha value is -2.12. The van der Waals surface area contributed by atoms with Gasteiger partial charge in [-0.1, -0.05) is 18.3 Å². The number of benzene rings is 1. The Bertz CT molecular complexity index is 698. The molecule has 0 fully saturated rings. The molecular weight excluding hydrogens is 298 g/mol. The van der Waals surface area contributed by atoms with E-state index in [0.29, 0.717) is 0 Å². The number of hydrogen-bond acceptors (Lipinski definition) is 3. The Morgan fingerprint density at radius 1 is 1.29 bits per heavy atom. The average molecular weight is 310 g/mol. The summed E-state index contributed by atoms with van der Waals surface area (Å²) >= 11 is 4.94. The number of carbonyl (C=O) groups excluding carboxylic acids is 1. The minimum atomic E-state index is -1.49. The lowest BCUT2D eigenvalue weighted by Crippen LogP contribution is -2.29. The molecule has 1 amide bonds. The molecule has 0 saturated heterocycles. The van der Waals surface area contributed by atoms with Crippen molar-refractivity contribution in [3.8, 4) is 0 Å². The van der Waals surface area contributed by atoms with Crippen LogP contribution in [0.3, 0.4) is 0 Å². The summed E-state index contributed by atoms with van der Waals surface area (Å²) in [5.41, 5.74) is -0.260. The van der Waals surface area contributed by atoms with Gasteiger partial charge in [0.15, 0.2) is 0 Å². The van der Waals surface area contributed by atoms with Crippen molar-refractivity contribution >= 4 is 18.1 Å². The smallest absolute Gasteiger partial charge is 0.254 e. The molecule has 1 heterocycles. The van der Waals surface area contributed by atoms with Crippen molar-refractivity contribution in [1.82, 2.24) is 10.3 Å². The second-order valence-corrected chi connectivity index (χ2v) is 4.68. The number of nitrogens with one attached hydrogen (secondary N) is 2. The molecule has 2 rings (SSSR count). The standard InChI is InChI=1S/C14H12F2N2O2S/c15-9-4-1-5-10(16)12(9)11(19)7-18-13(20)8-3-2-6-17-14(8)21/h1-6,11,19H,7H2,(H,17,21)(H,18,20). The summed E-state index contributed by atoms with van der Waals surface area (Å²) in [4.78, 5) is 14.6. The zero-order valence-corrected chi connectivity index (χ0v) is 11.6. The summed E-state index contributed by atoms with van der Waals surface area (Å²) in [6.07, 6.45) is 0.0827. The molecule has 1 aromatic heterocycles. The van der Waals surface area contributed by atoms with Crippen LogP contribution < -0.4 is 5.32 Å². The fraction of sp³-hybridized carbons (Fsp3) is 0.143. The number of hydrogen-bond donors (Lipinski definition) is 3. The number of aromatic amines is 1. The van der Waals surface area contributed by atoms with Gasteiger partial charge >= 0.3 is 0 Å². The molecule has 3 N–H and O–H groups in total. The second kappa shape index (κ2) is 6.55. The molecule has 21 heavy (non-hydrogen) atoms. The van der Waals surface area contributed by atoms with Crippen LogP contribution in [0.2, 0.25) is 0 Å². The van der Waals surface area contributed by atoms with Crippen molar-refractivity contribution in [1.29, 1.82) is 0 Å².